The number of carbonyl (C=O) groups excluding carboxylic acids is 1. The highest BCUT2D eigenvalue weighted by Gasteiger charge is 2.24. The zero-order valence-electron chi connectivity index (χ0n) is 18.0. The molecule has 164 valence electrons. The molecule has 3 aromatic rings. The molecule has 0 radical (unpaired) electrons. The standard InChI is InChI=1S/C16H22N4O2.C6H5NO2/c1-4-22-16(21)12-9-17-15-13(10(2)19-20(15)3)14(12)18-11-7-5-6-8-11;8-6(9)5-2-1-3-7-4-5/h9,11H,4-8H2,1-3H3,(H,17,18);1-4H,(H,8,9). The van der Waals surface area contributed by atoms with E-state index in [4.69, 9.17) is 9.84 Å². The van der Waals surface area contributed by atoms with Gasteiger partial charge in [0.05, 0.1) is 28.9 Å². The highest BCUT2D eigenvalue weighted by molar-refractivity contribution is 6.05. The van der Waals surface area contributed by atoms with E-state index in [0.29, 0.717) is 18.2 Å². The van der Waals surface area contributed by atoms with Gasteiger partial charge in [0.1, 0.15) is 5.56 Å². The van der Waals surface area contributed by atoms with Gasteiger partial charge in [0.2, 0.25) is 0 Å². The molecular formula is C22H27N5O4. The Hall–Kier alpha value is -3.49. The fourth-order valence-electron chi connectivity index (χ4n) is 3.69. The van der Waals surface area contributed by atoms with Crippen LogP contribution in [-0.4, -0.2) is 49.4 Å². The molecule has 0 aliphatic heterocycles. The van der Waals surface area contributed by atoms with Crippen molar-refractivity contribution in [1.29, 1.82) is 0 Å². The molecule has 0 unspecified atom stereocenters. The van der Waals surface area contributed by atoms with E-state index in [0.717, 1.165) is 35.3 Å². The average molecular weight is 425 g/mol. The van der Waals surface area contributed by atoms with Crippen LogP contribution in [0.2, 0.25) is 0 Å². The first-order valence-corrected chi connectivity index (χ1v) is 10.3. The molecule has 3 aromatic heterocycles. The molecular weight excluding hydrogens is 398 g/mol. The van der Waals surface area contributed by atoms with Crippen LogP contribution in [0, 0.1) is 6.92 Å². The Kier molecular flexibility index (Phi) is 7.17. The molecule has 0 saturated heterocycles. The van der Waals surface area contributed by atoms with Gasteiger partial charge in [-0.05, 0) is 38.8 Å². The number of carboxylic acid groups (broad SMARTS) is 1. The molecule has 1 aliphatic rings. The number of hydrogen-bond donors (Lipinski definition) is 2. The Balaban J connectivity index is 0.000000254. The number of rotatable bonds is 5. The van der Waals surface area contributed by atoms with Crippen LogP contribution in [-0.2, 0) is 11.8 Å². The third-order valence-corrected chi connectivity index (χ3v) is 5.13. The molecule has 1 saturated carbocycles. The minimum Gasteiger partial charge on any atom is -0.478 e. The molecule has 3 heterocycles. The quantitative estimate of drug-likeness (QED) is 0.595. The average Bonchev–Trinajstić information content (AvgIpc) is 3.37. The Morgan fingerprint density at radius 2 is 2.03 bits per heavy atom. The highest BCUT2D eigenvalue weighted by atomic mass is 16.5. The van der Waals surface area contributed by atoms with Gasteiger partial charge in [0.15, 0.2) is 5.65 Å². The summed E-state index contributed by atoms with van der Waals surface area (Å²) >= 11 is 0. The normalized spacial score (nSPS) is 13.5. The van der Waals surface area contributed by atoms with Gasteiger partial charge in [0, 0.05) is 31.7 Å². The van der Waals surface area contributed by atoms with E-state index in [1.807, 2.05) is 20.9 Å². The van der Waals surface area contributed by atoms with Crippen molar-refractivity contribution in [3.63, 3.8) is 0 Å². The lowest BCUT2D eigenvalue weighted by Crippen LogP contribution is -2.18. The number of ether oxygens (including phenoxy) is 1. The van der Waals surface area contributed by atoms with E-state index in [1.54, 1.807) is 16.9 Å². The smallest absolute Gasteiger partial charge is 0.341 e. The molecule has 4 rings (SSSR count). The molecule has 0 bridgehead atoms. The minimum atomic E-state index is -0.942. The van der Waals surface area contributed by atoms with Crippen LogP contribution in [0.4, 0.5) is 5.69 Å². The van der Waals surface area contributed by atoms with Crippen LogP contribution >= 0.6 is 0 Å². The topological polar surface area (TPSA) is 119 Å². The fraction of sp³-hybridized carbons (Fsp3) is 0.409. The van der Waals surface area contributed by atoms with Crippen molar-refractivity contribution in [2.45, 2.75) is 45.6 Å². The van der Waals surface area contributed by atoms with Gasteiger partial charge in [-0.3, -0.25) is 9.67 Å². The van der Waals surface area contributed by atoms with Crippen LogP contribution < -0.4 is 5.32 Å². The maximum atomic E-state index is 12.3. The second-order valence-corrected chi connectivity index (χ2v) is 7.35. The Bertz CT molecular complexity index is 1060. The zero-order valence-corrected chi connectivity index (χ0v) is 18.0. The highest BCUT2D eigenvalue weighted by Crippen LogP contribution is 2.32. The summed E-state index contributed by atoms with van der Waals surface area (Å²) in [6.07, 6.45) is 9.16. The number of fused-ring (bicyclic) bond motifs is 1. The van der Waals surface area contributed by atoms with Crippen molar-refractivity contribution in [2.24, 2.45) is 7.05 Å². The molecule has 1 aliphatic carbocycles. The maximum Gasteiger partial charge on any atom is 0.341 e. The lowest BCUT2D eigenvalue weighted by molar-refractivity contribution is 0.0526. The van der Waals surface area contributed by atoms with E-state index >= 15 is 0 Å². The number of hydrogen-bond acceptors (Lipinski definition) is 7. The number of aromatic nitrogens is 4. The molecule has 31 heavy (non-hydrogen) atoms. The van der Waals surface area contributed by atoms with Crippen LogP contribution in [0.1, 0.15) is 59.0 Å². The number of anilines is 1. The SMILES string of the molecule is CCOC(=O)c1cnc2c(c(C)nn2C)c1NC1CCCC1.O=C(O)c1cccnc1. The predicted octanol–water partition coefficient (Wildman–Crippen LogP) is 3.59. The van der Waals surface area contributed by atoms with Crippen molar-refractivity contribution >= 4 is 28.7 Å². The summed E-state index contributed by atoms with van der Waals surface area (Å²) in [6, 6.07) is 3.48. The van der Waals surface area contributed by atoms with Crippen LogP contribution in [0.15, 0.2) is 30.7 Å². The van der Waals surface area contributed by atoms with Gasteiger partial charge in [-0.1, -0.05) is 12.8 Å². The van der Waals surface area contributed by atoms with Gasteiger partial charge in [-0.25, -0.2) is 14.6 Å². The van der Waals surface area contributed by atoms with E-state index in [9.17, 15) is 9.59 Å². The summed E-state index contributed by atoms with van der Waals surface area (Å²) < 4.78 is 6.93. The van der Waals surface area contributed by atoms with Crippen molar-refractivity contribution in [1.82, 2.24) is 19.7 Å². The van der Waals surface area contributed by atoms with Crippen molar-refractivity contribution in [3.05, 3.63) is 47.5 Å². The molecule has 1 fully saturated rings. The number of aryl methyl sites for hydroxylation is 2. The summed E-state index contributed by atoms with van der Waals surface area (Å²) in [6.45, 7) is 4.10. The summed E-state index contributed by atoms with van der Waals surface area (Å²) in [5.41, 5.74) is 3.19. The van der Waals surface area contributed by atoms with Crippen molar-refractivity contribution < 1.29 is 19.4 Å². The van der Waals surface area contributed by atoms with Crippen LogP contribution in [0.25, 0.3) is 11.0 Å². The van der Waals surface area contributed by atoms with E-state index in [2.05, 4.69) is 20.4 Å². The van der Waals surface area contributed by atoms with E-state index < -0.39 is 5.97 Å². The molecule has 9 nitrogen and oxygen atoms in total. The first-order valence-electron chi connectivity index (χ1n) is 10.3. The molecule has 0 aromatic carbocycles. The predicted molar refractivity (Wildman–Crippen MR) is 116 cm³/mol. The van der Waals surface area contributed by atoms with Gasteiger partial charge in [-0.2, -0.15) is 5.10 Å². The van der Waals surface area contributed by atoms with E-state index in [1.165, 1.54) is 31.3 Å². The third kappa shape index (κ3) is 5.17. The van der Waals surface area contributed by atoms with E-state index in [-0.39, 0.29) is 11.5 Å². The molecule has 0 atom stereocenters. The molecule has 0 amide bonds. The van der Waals surface area contributed by atoms with Crippen LogP contribution in [0.3, 0.4) is 0 Å². The van der Waals surface area contributed by atoms with Crippen molar-refractivity contribution in [2.75, 3.05) is 11.9 Å². The summed E-state index contributed by atoms with van der Waals surface area (Å²) in [4.78, 5) is 30.5. The summed E-state index contributed by atoms with van der Waals surface area (Å²) in [7, 11) is 1.87. The number of pyridine rings is 2. The number of esters is 1. The third-order valence-electron chi connectivity index (χ3n) is 5.13. The van der Waals surface area contributed by atoms with Crippen molar-refractivity contribution in [3.8, 4) is 0 Å². The van der Waals surface area contributed by atoms with Gasteiger partial charge < -0.3 is 15.2 Å². The lowest BCUT2D eigenvalue weighted by atomic mass is 10.1. The summed E-state index contributed by atoms with van der Waals surface area (Å²) in [5, 5.41) is 17.2. The second-order valence-electron chi connectivity index (χ2n) is 7.35. The monoisotopic (exact) mass is 425 g/mol. The number of aromatic carboxylic acids is 1. The van der Waals surface area contributed by atoms with Crippen LogP contribution in [0.5, 0.6) is 0 Å². The Morgan fingerprint density at radius 3 is 2.61 bits per heavy atom. The fourth-order valence-corrected chi connectivity index (χ4v) is 3.69. The largest absolute Gasteiger partial charge is 0.478 e. The Labute approximate surface area is 180 Å². The molecule has 9 heteroatoms. The minimum absolute atomic E-state index is 0.220. The number of carboxylic acids is 1. The maximum absolute atomic E-state index is 12.3. The molecule has 2 N–H and O–H groups in total. The lowest BCUT2D eigenvalue weighted by Gasteiger charge is -2.17. The zero-order chi connectivity index (χ0) is 22.4. The van der Waals surface area contributed by atoms with Gasteiger partial charge in [-0.15, -0.1) is 0 Å². The first-order chi connectivity index (χ1) is 14.9. The Morgan fingerprint density at radius 1 is 1.29 bits per heavy atom. The summed E-state index contributed by atoms with van der Waals surface area (Å²) in [5.74, 6) is -1.27. The van der Waals surface area contributed by atoms with Gasteiger partial charge >= 0.3 is 11.9 Å². The first kappa shape index (κ1) is 22.2. The number of nitrogens with zero attached hydrogens (tertiary/aromatic N) is 4. The number of carbonyl (C=O) groups is 2. The number of nitrogens with one attached hydrogen (secondary N) is 1. The molecule has 0 spiro atoms. The second kappa shape index (κ2) is 10.0. The van der Waals surface area contributed by atoms with Gasteiger partial charge in [0.25, 0.3) is 0 Å².